The third-order valence-electron chi connectivity index (χ3n) is 19.7. The van der Waals surface area contributed by atoms with Crippen LogP contribution in [0.15, 0.2) is 87.1 Å². The summed E-state index contributed by atoms with van der Waals surface area (Å²) < 4.78 is -0.581. The minimum absolute atomic E-state index is 0.000779. The summed E-state index contributed by atoms with van der Waals surface area (Å²) in [7, 11) is 1.99. The molecule has 0 unspecified atom stereocenters. The Bertz CT molecular complexity index is 4160. The number of aliphatic hydroxyl groups excluding tert-OH is 1. The lowest BCUT2D eigenvalue weighted by Gasteiger charge is -2.39. The molecule has 0 bridgehead atoms. The fourth-order valence-corrected chi connectivity index (χ4v) is 17.5. The van der Waals surface area contributed by atoms with Crippen LogP contribution in [0.25, 0.3) is 20.9 Å². The lowest BCUT2D eigenvalue weighted by atomic mass is 9.84. The number of unbranched alkanes of at least 4 members (excludes halogenated alkanes) is 1. The maximum Gasteiger partial charge on any atom is 0.326 e. The van der Waals surface area contributed by atoms with Gasteiger partial charge in [0.05, 0.1) is 23.9 Å². The summed E-state index contributed by atoms with van der Waals surface area (Å²) in [5.74, 6) is -14.2. The molecular formula is C77H114N20O14S3. The van der Waals surface area contributed by atoms with Crippen molar-refractivity contribution >= 4 is 148 Å². The number of benzene rings is 3. The van der Waals surface area contributed by atoms with Crippen LogP contribution in [0, 0.1) is 22.7 Å². The molecule has 37 heteroatoms. The van der Waals surface area contributed by atoms with Gasteiger partial charge in [0.15, 0.2) is 29.4 Å². The maximum absolute atomic E-state index is 16.1. The molecule has 9 amide bonds. The Balaban J connectivity index is 1.53. The maximum atomic E-state index is 16.1. The molecule has 6 rings (SSSR count). The highest BCUT2D eigenvalue weighted by Gasteiger charge is 2.46. The van der Waals surface area contributed by atoms with E-state index in [0.29, 0.717) is 24.0 Å². The zero-order valence-electron chi connectivity index (χ0n) is 65.8. The van der Waals surface area contributed by atoms with Crippen LogP contribution in [0.3, 0.4) is 0 Å². The van der Waals surface area contributed by atoms with Gasteiger partial charge >= 0.3 is 5.97 Å². The number of nitrogens with two attached hydrogens (primary N) is 7. The number of aliphatic hydroxyl groups is 1. The Kier molecular flexibility index (Phi) is 36.2. The van der Waals surface area contributed by atoms with Crippen molar-refractivity contribution in [1.82, 2.24) is 47.4 Å². The minimum Gasteiger partial charge on any atom is -0.480 e. The number of amides is 9. The van der Waals surface area contributed by atoms with E-state index >= 15 is 28.8 Å². The zero-order valence-corrected chi connectivity index (χ0v) is 68.2. The van der Waals surface area contributed by atoms with Crippen molar-refractivity contribution in [3.63, 3.8) is 0 Å². The van der Waals surface area contributed by atoms with Gasteiger partial charge in [-0.15, -0.1) is 11.3 Å². The molecule has 624 valence electrons. The average Bonchev–Trinajstić information content (AvgIpc) is 1.06. The first-order valence-corrected chi connectivity index (χ1v) is 41.4. The standard InChI is InChI=1S/C77H114N20O14S3/c1-42(98)62(59(101)38-47(21-16-31-86-73(80)81)64(102)96-63(72(110)111)76(3,4)5)95-65(103)50-39-58(100)57-26-14-15-34-97(57)71(109)55(37-48-40-112-60-27-12-10-22-49(48)60)94-69(107)54(36-44-29-30-45-19-8-9-20-46(45)35-44)93-68(106)53(25-18-33-88-75(84)85)91-67(105)52(24-17-32-87-74(82)83)90-66(104)51(23-11-13-28-61(78)79)92-70(108)56(89-43(2)99)41-113-114-77(50,6)7/h8-10,12,19-20,22,27,29-30,35,40,42,47,50-57,62-63,98H,11,13-18,21,23-26,28,31-34,36-39,41H2,1-7H3,(H3,78,79)(H,89,99)(H,90,104)(H,91,105)(H,92,108)(H,93,106)(H,94,107)(H,95,103)(H,96,102)(H,110,111)(H4,80,81,86)(H4,82,83,87)(H4,84,85,88)/t42-,47-,50-,51-,52+,53+,54+,55+,56+,57+,62+,63-/m1/s1. The van der Waals surface area contributed by atoms with Crippen molar-refractivity contribution < 1.29 is 67.7 Å². The molecule has 3 aromatic carbocycles. The van der Waals surface area contributed by atoms with Crippen molar-refractivity contribution in [1.29, 1.82) is 5.41 Å². The Labute approximate surface area is 675 Å². The van der Waals surface area contributed by atoms with E-state index in [0.717, 1.165) is 49.4 Å². The molecule has 2 aliphatic heterocycles. The third-order valence-corrected chi connectivity index (χ3v) is 24.1. The number of hydrogen-bond donors (Lipinski definition) is 18. The van der Waals surface area contributed by atoms with Crippen LogP contribution in [0.2, 0.25) is 0 Å². The van der Waals surface area contributed by atoms with Gasteiger partial charge in [-0.05, 0) is 136 Å². The van der Waals surface area contributed by atoms with Crippen LogP contribution in [0.4, 0.5) is 0 Å². The smallest absolute Gasteiger partial charge is 0.326 e. The number of amidine groups is 1. The first kappa shape index (κ1) is 92.7. The fourth-order valence-electron chi connectivity index (χ4n) is 13.6. The molecule has 0 aliphatic carbocycles. The second-order valence-corrected chi connectivity index (χ2v) is 34.4. The van der Waals surface area contributed by atoms with Crippen molar-refractivity contribution in [2.45, 2.75) is 223 Å². The van der Waals surface area contributed by atoms with Gasteiger partial charge in [0.25, 0.3) is 0 Å². The number of carboxylic acid groups (broad SMARTS) is 1. The molecule has 34 nitrogen and oxygen atoms in total. The predicted octanol–water partition coefficient (Wildman–Crippen LogP) is 1.61. The van der Waals surface area contributed by atoms with Crippen LogP contribution in [0.1, 0.15) is 156 Å². The monoisotopic (exact) mass is 1640 g/mol. The number of Topliss-reactive ketones (excluding diaryl/α,β-unsaturated/α-hetero) is 2. The molecule has 1 aromatic heterocycles. The number of thiophene rings is 1. The number of piperidine rings is 1. The number of nitrogens with one attached hydrogen (secondary N) is 9. The molecule has 0 saturated carbocycles. The number of hydrogen-bond acceptors (Lipinski definition) is 20. The first-order valence-electron chi connectivity index (χ1n) is 38.2. The number of carbonyl (C=O) groups excluding carboxylic acids is 11. The third kappa shape index (κ3) is 29.4. The molecule has 4 aromatic rings. The second-order valence-electron chi connectivity index (χ2n) is 30.5. The number of guanidine groups is 3. The highest BCUT2D eigenvalue weighted by atomic mass is 33.1. The number of carbonyl (C=O) groups is 12. The van der Waals surface area contributed by atoms with E-state index in [4.69, 9.17) is 45.5 Å². The summed E-state index contributed by atoms with van der Waals surface area (Å²) in [5.41, 5.74) is 39.9. The molecule has 25 N–H and O–H groups in total. The van der Waals surface area contributed by atoms with Gasteiger partial charge < -0.3 is 97.8 Å². The molecule has 12 atom stereocenters. The molecular weight excluding hydrogens is 1530 g/mol. The lowest BCUT2D eigenvalue weighted by molar-refractivity contribution is -0.146. The first-order chi connectivity index (χ1) is 53.8. The topological polar surface area (TPSA) is 588 Å². The van der Waals surface area contributed by atoms with E-state index < -0.39 is 166 Å². The molecule has 2 fully saturated rings. The number of nitrogens with zero attached hydrogens (tertiary/aromatic N) is 4. The van der Waals surface area contributed by atoms with Gasteiger partial charge in [0.1, 0.15) is 48.3 Å². The van der Waals surface area contributed by atoms with Gasteiger partial charge in [-0.25, -0.2) is 4.79 Å². The van der Waals surface area contributed by atoms with Crippen LogP contribution < -0.4 is 82.7 Å². The minimum atomic E-state index is -1.76. The molecule has 3 heterocycles. The number of carboxylic acids is 1. The summed E-state index contributed by atoms with van der Waals surface area (Å²) in [4.78, 5) is 192. The molecule has 2 aliphatic rings. The number of fused-ring (bicyclic) bond motifs is 3. The quantitative estimate of drug-likeness (QED) is 0.0147. The molecule has 114 heavy (non-hydrogen) atoms. The summed E-state index contributed by atoms with van der Waals surface area (Å²) in [6.07, 6.45) is -1.93. The van der Waals surface area contributed by atoms with E-state index in [9.17, 15) is 39.0 Å². The van der Waals surface area contributed by atoms with Gasteiger partial charge in [-0.1, -0.05) is 109 Å². The second kappa shape index (κ2) is 44.5. The summed E-state index contributed by atoms with van der Waals surface area (Å²) in [6, 6.07) is 7.13. The van der Waals surface area contributed by atoms with Gasteiger partial charge in [-0.3, -0.25) is 73.1 Å². The molecule has 0 radical (unpaired) electrons. The average molecular weight is 1640 g/mol. The lowest BCUT2D eigenvalue weighted by Crippen LogP contribution is -2.61. The van der Waals surface area contributed by atoms with Crippen molar-refractivity contribution in [2.75, 3.05) is 31.9 Å². The largest absolute Gasteiger partial charge is 0.480 e. The van der Waals surface area contributed by atoms with Crippen LogP contribution in [0.5, 0.6) is 0 Å². The predicted molar refractivity (Wildman–Crippen MR) is 443 cm³/mol. The summed E-state index contributed by atoms with van der Waals surface area (Å²) >= 11 is 1.40. The highest BCUT2D eigenvalue weighted by Crippen LogP contribution is 2.44. The normalized spacial score (nSPS) is 21.6. The fraction of sp³-hybridized carbons (Fsp3) is 0.558. The molecule has 0 spiro atoms. The van der Waals surface area contributed by atoms with Gasteiger partial charge in [0, 0.05) is 86.3 Å². The van der Waals surface area contributed by atoms with E-state index in [1.54, 1.807) is 40.7 Å². The Morgan fingerprint density at radius 1 is 0.684 bits per heavy atom. The Morgan fingerprint density at radius 2 is 1.24 bits per heavy atom. The Morgan fingerprint density at radius 3 is 1.82 bits per heavy atom. The van der Waals surface area contributed by atoms with E-state index in [1.165, 1.54) is 23.2 Å². The van der Waals surface area contributed by atoms with Gasteiger partial charge in [-0.2, -0.15) is 0 Å². The van der Waals surface area contributed by atoms with Crippen LogP contribution in [-0.4, -0.2) is 207 Å². The van der Waals surface area contributed by atoms with Crippen molar-refractivity contribution in [2.24, 2.45) is 72.4 Å². The zero-order chi connectivity index (χ0) is 84.1. The van der Waals surface area contributed by atoms with Gasteiger partial charge in [0.2, 0.25) is 53.2 Å². The van der Waals surface area contributed by atoms with E-state index in [2.05, 4.69) is 57.5 Å². The number of aliphatic carboxylic acids is 1. The Hall–Kier alpha value is -10.1. The van der Waals surface area contributed by atoms with Crippen LogP contribution in [-0.2, 0) is 70.4 Å². The van der Waals surface area contributed by atoms with Crippen LogP contribution >= 0.6 is 32.9 Å². The van der Waals surface area contributed by atoms with Crippen molar-refractivity contribution in [3.05, 3.63) is 83.2 Å². The number of ketones is 2. The molecule has 2 saturated heterocycles. The van der Waals surface area contributed by atoms with E-state index in [1.807, 2.05) is 66.0 Å². The number of rotatable bonds is 31. The summed E-state index contributed by atoms with van der Waals surface area (Å²) in [5, 5.41) is 55.9. The van der Waals surface area contributed by atoms with E-state index in [-0.39, 0.29) is 139 Å². The van der Waals surface area contributed by atoms with Crippen molar-refractivity contribution in [3.8, 4) is 0 Å². The SMILES string of the molecule is CC(=O)N[C@H]1CSSC(C)(C)[C@@H](C(=O)N[C@H](C(=O)C[C@@H](CCCN=C(N)N)C(=O)N[C@H](C(=O)O)C(C)(C)C)[C@@H](C)O)CC(=O)[C@@H]2CCCCN2C(=O)[C@H](Cc2csc3ccccc23)NC(=O)[C@H](Cc2ccc3ccccc3c2)NC(=O)[C@H](CCCN=C(N)N)NC(=O)[C@H](CCCN=C(N)N)NC(=O)[C@@H](CCCCC(=N)N)NC1=O. The number of aliphatic imine (C=N–C) groups is 3. The summed E-state index contributed by atoms with van der Waals surface area (Å²) in [6.45, 7) is 10.4. The highest BCUT2D eigenvalue weighted by molar-refractivity contribution is 8.77.